The van der Waals surface area contributed by atoms with Crippen LogP contribution in [0.25, 0.3) is 89.5 Å². The third-order valence-corrected chi connectivity index (χ3v) is 17.3. The molecule has 4 nitrogen and oxygen atoms in total. The molecule has 0 saturated carbocycles. The SMILES string of the molecule is [2H]C([2H])([2H])c1ccccc1-c1ccc(C)c(-c2cc(C([2H])(C)C)cc[n+]2C)c1.[2H]C([2H])([2H])c1ccccc1-c1ccc(C)c(-c2cc(C([2H])([2H])C(C)(C)C)cc[n+]2C)c1.[2H]C([2H])([2H])c1ccccc1-c1ccc(C)c(-c2cc(C([2H])([2H])C(C)C)cc[n+]2C)c1.[2H]C([2H])([2H])c1ccccc1-c1ccc(C)c(-c2cc(C)cc[n+]2C)c1. The minimum atomic E-state index is -2.20. The Morgan fingerprint density at radius 2 is 0.649 bits per heavy atom. The summed E-state index contributed by atoms with van der Waals surface area (Å²) in [7, 11) is 7.89. The number of rotatable bonds is 12. The number of nitrogens with zero attached hydrogens (tertiary/aromatic N) is 4. The highest BCUT2D eigenvalue weighted by atomic mass is 14.9. The average molecular weight is 1300 g/mol. The maximum atomic E-state index is 8.67. The van der Waals surface area contributed by atoms with Gasteiger partial charge >= 0.3 is 0 Å². The molecule has 0 amide bonds. The van der Waals surface area contributed by atoms with Gasteiger partial charge in [0.25, 0.3) is 0 Å². The van der Waals surface area contributed by atoms with Gasteiger partial charge in [-0.2, -0.15) is 0 Å². The highest BCUT2D eigenvalue weighted by Crippen LogP contribution is 2.35. The van der Waals surface area contributed by atoms with Crippen LogP contribution in [0.2, 0.25) is 0 Å². The van der Waals surface area contributed by atoms with Crippen LogP contribution in [0.1, 0.15) is 144 Å². The fourth-order valence-corrected chi connectivity index (χ4v) is 11.9. The summed E-state index contributed by atoms with van der Waals surface area (Å²) in [4.78, 5) is 0. The van der Waals surface area contributed by atoms with Crippen LogP contribution in [0, 0.1) is 73.4 Å². The molecule has 97 heavy (non-hydrogen) atoms. The van der Waals surface area contributed by atoms with Crippen molar-refractivity contribution in [3.63, 3.8) is 0 Å². The second-order valence-electron chi connectivity index (χ2n) is 26.9. The van der Waals surface area contributed by atoms with Crippen molar-refractivity contribution in [2.45, 2.75) is 129 Å². The third-order valence-electron chi connectivity index (χ3n) is 17.3. The molecular weight excluding hydrogens is 1170 g/mol. The Balaban J connectivity index is 0.000000175. The van der Waals surface area contributed by atoms with Gasteiger partial charge in [-0.25, -0.2) is 18.3 Å². The lowest BCUT2D eigenvalue weighted by Gasteiger charge is -2.18. The van der Waals surface area contributed by atoms with E-state index in [4.69, 9.17) is 23.3 Å². The van der Waals surface area contributed by atoms with E-state index in [0.717, 1.165) is 106 Å². The molecule has 0 aliphatic heterocycles. The van der Waals surface area contributed by atoms with Gasteiger partial charge in [0.05, 0.1) is 0 Å². The zero-order valence-corrected chi connectivity index (χ0v) is 59.5. The molecule has 4 heterocycles. The second-order valence-corrected chi connectivity index (χ2v) is 26.9. The molecule has 0 fully saturated rings. The number of hydrogen-bond acceptors (Lipinski definition) is 0. The van der Waals surface area contributed by atoms with Crippen molar-refractivity contribution in [1.82, 2.24) is 0 Å². The highest BCUT2D eigenvalue weighted by Gasteiger charge is 2.22. The lowest BCUT2D eigenvalue weighted by Crippen LogP contribution is -2.31. The standard InChI is InChI=1S/C25H30N.C24H28N.C23H26N.C21H22N/c1-18-9-7-8-10-22(18)21-12-11-19(2)23(16-21)24-15-20(13-14-26(24)6)17-25(3,4)5;1-17(2)14-20-12-13-25(5)24(15-20)23-16-21(11-10-19(23)4)22-9-7-6-8-18(22)3;1-16(2)19-12-13-24(5)23(15-19)22-14-20(11-10-18(22)4)21-9-7-6-8-17(21)3;1-15-11-12-22(4)21(13-15)20-14-18(10-9-17(20)3)19-8-6-5-7-16(19)2/h7-16H,17H2,1-6H3;6-13,15-17H,14H2,1-5H3;6-16H,1-5H3;5-14H,1-4H3/q4*+1/i1D3,17D2;3D3,14D2;3D3,16D;2D3. The van der Waals surface area contributed by atoms with Gasteiger partial charge in [0.15, 0.2) is 24.8 Å². The van der Waals surface area contributed by atoms with E-state index in [1.807, 2.05) is 269 Å². The molecule has 0 bridgehead atoms. The monoisotopic (exact) mass is 1300 g/mol. The summed E-state index contributed by atoms with van der Waals surface area (Å²) < 4.78 is 145. The van der Waals surface area contributed by atoms with Gasteiger partial charge in [-0.15, -0.1) is 0 Å². The molecule has 494 valence electrons. The molecule has 8 aromatic carbocycles. The predicted molar refractivity (Wildman–Crippen MR) is 412 cm³/mol. The molecule has 0 spiro atoms. The van der Waals surface area contributed by atoms with E-state index in [1.54, 1.807) is 48.5 Å². The van der Waals surface area contributed by atoms with Crippen molar-refractivity contribution < 1.29 is 41.6 Å². The molecule has 12 aromatic rings. The van der Waals surface area contributed by atoms with Crippen LogP contribution >= 0.6 is 0 Å². The molecule has 4 heteroatoms. The minimum Gasteiger partial charge on any atom is -0.201 e. The van der Waals surface area contributed by atoms with Gasteiger partial charge in [-0.05, 0) is 228 Å². The van der Waals surface area contributed by atoms with Crippen LogP contribution in [-0.2, 0) is 40.9 Å². The first-order chi connectivity index (χ1) is 52.9. The van der Waals surface area contributed by atoms with Crippen molar-refractivity contribution in [3.05, 3.63) is 310 Å². The first kappa shape index (κ1) is 51.6. The smallest absolute Gasteiger partial charge is 0.201 e. The summed E-state index contributed by atoms with van der Waals surface area (Å²) in [5.74, 6) is -0.848. The Hall–Kier alpha value is -9.64. The van der Waals surface area contributed by atoms with E-state index >= 15 is 0 Å². The Bertz CT molecular complexity index is 5460. The summed E-state index contributed by atoms with van der Waals surface area (Å²) in [6.45, 7) is 14.8. The first-order valence-electron chi connectivity index (χ1n) is 41.7. The fraction of sp³-hybridized carbons (Fsp3) is 0.269. The number of hydrogen-bond donors (Lipinski definition) is 0. The normalized spacial score (nSPS) is 14.7. The molecule has 0 N–H and O–H groups in total. The molecular formula is C93H106N4+4. The summed E-state index contributed by atoms with van der Waals surface area (Å²) in [6, 6.07) is 68.4. The topological polar surface area (TPSA) is 15.5 Å². The first-order valence-corrected chi connectivity index (χ1v) is 33.2. The fourth-order valence-electron chi connectivity index (χ4n) is 11.9. The molecule has 0 aliphatic rings. The van der Waals surface area contributed by atoms with Crippen molar-refractivity contribution in [3.8, 4) is 89.5 Å². The zero-order chi connectivity index (χ0) is 84.3. The van der Waals surface area contributed by atoms with Crippen LogP contribution in [-0.4, -0.2) is 0 Å². The lowest BCUT2D eigenvalue weighted by atomic mass is 9.87. The second kappa shape index (κ2) is 31.9. The predicted octanol–water partition coefficient (Wildman–Crippen LogP) is 22.1. The number of aromatic nitrogens is 4. The molecule has 12 rings (SSSR count). The number of pyridine rings is 4. The van der Waals surface area contributed by atoms with Crippen molar-refractivity contribution >= 4 is 0 Å². The van der Waals surface area contributed by atoms with Crippen molar-refractivity contribution in [2.24, 2.45) is 39.5 Å². The molecule has 0 atom stereocenters. The Morgan fingerprint density at radius 3 is 0.990 bits per heavy atom. The van der Waals surface area contributed by atoms with Crippen LogP contribution in [0.5, 0.6) is 0 Å². The summed E-state index contributed by atoms with van der Waals surface area (Å²) in [5, 5.41) is 0. The van der Waals surface area contributed by atoms with Crippen LogP contribution < -0.4 is 18.3 Å². The van der Waals surface area contributed by atoms with E-state index < -0.39 is 51.5 Å². The highest BCUT2D eigenvalue weighted by molar-refractivity contribution is 5.78. The Kier molecular flexibility index (Phi) is 17.0. The molecule has 0 unspecified atom stereocenters. The van der Waals surface area contributed by atoms with Crippen LogP contribution in [0.3, 0.4) is 0 Å². The Labute approximate surface area is 607 Å². The van der Waals surface area contributed by atoms with Crippen molar-refractivity contribution in [2.75, 3.05) is 0 Å². The lowest BCUT2D eigenvalue weighted by molar-refractivity contribution is -0.660. The maximum absolute atomic E-state index is 8.67. The average Bonchev–Trinajstić information content (AvgIpc) is 0.785. The van der Waals surface area contributed by atoms with Gasteiger partial charge in [0.1, 0.15) is 28.2 Å². The van der Waals surface area contributed by atoms with Crippen LogP contribution in [0.4, 0.5) is 0 Å². The molecule has 0 radical (unpaired) electrons. The maximum Gasteiger partial charge on any atom is 0.212 e. The summed E-state index contributed by atoms with van der Waals surface area (Å²) in [6.07, 6.45) is 4.85. The van der Waals surface area contributed by atoms with E-state index in [2.05, 4.69) is 54.8 Å². The van der Waals surface area contributed by atoms with Gasteiger partial charge < -0.3 is 0 Å². The van der Waals surface area contributed by atoms with E-state index in [0.29, 0.717) is 44.5 Å². The number of benzene rings is 8. The Morgan fingerprint density at radius 1 is 0.340 bits per heavy atom. The van der Waals surface area contributed by atoms with Crippen molar-refractivity contribution in [1.29, 1.82) is 0 Å². The quantitative estimate of drug-likeness (QED) is 0.108. The summed E-state index contributed by atoms with van der Waals surface area (Å²) in [5.41, 5.74) is 22.9. The van der Waals surface area contributed by atoms with E-state index in [1.165, 1.54) is 5.56 Å². The third kappa shape index (κ3) is 18.3. The zero-order valence-electron chi connectivity index (χ0n) is 76.5. The minimum absolute atomic E-state index is 0.156. The van der Waals surface area contributed by atoms with E-state index in [-0.39, 0.29) is 5.92 Å². The number of aryl methyl sites for hydroxylation is 13. The molecule has 0 saturated heterocycles. The molecule has 4 aromatic heterocycles. The van der Waals surface area contributed by atoms with Gasteiger partial charge in [0, 0.05) is 94.1 Å². The van der Waals surface area contributed by atoms with Gasteiger partial charge in [-0.3, -0.25) is 0 Å². The van der Waals surface area contributed by atoms with Crippen LogP contribution in [0.15, 0.2) is 243 Å². The molecule has 0 aliphatic carbocycles. The largest absolute Gasteiger partial charge is 0.212 e. The van der Waals surface area contributed by atoms with Gasteiger partial charge in [0.2, 0.25) is 22.8 Å². The summed E-state index contributed by atoms with van der Waals surface area (Å²) >= 11 is 0. The van der Waals surface area contributed by atoms with Gasteiger partial charge in [-0.1, -0.05) is 194 Å². The van der Waals surface area contributed by atoms with E-state index in [9.17, 15) is 0 Å².